The average Bonchev–Trinajstić information content (AvgIpc) is 2.92. The number of nitrogens with one attached hydrogen (secondary N) is 3. The molecular weight excluding hydrogens is 450 g/mol. The Morgan fingerprint density at radius 3 is 2.00 bits per heavy atom. The van der Waals surface area contributed by atoms with Crippen molar-refractivity contribution in [3.8, 4) is 5.75 Å². The molecule has 1 unspecified atom stereocenters. The molecule has 1 aliphatic heterocycles. The smallest absolute Gasteiger partial charge is 0.242 e. The predicted molar refractivity (Wildman–Crippen MR) is 141 cm³/mol. The third-order valence-electron chi connectivity index (χ3n) is 6.89. The lowest BCUT2D eigenvalue weighted by atomic mass is 9.89. The molecule has 4 rings (SSSR count). The first-order valence-electron chi connectivity index (χ1n) is 12.8. The zero-order valence-electron chi connectivity index (χ0n) is 20.5. The highest BCUT2D eigenvalue weighted by molar-refractivity contribution is 5.92. The minimum Gasteiger partial charge on any atom is -0.508 e. The third-order valence-corrected chi connectivity index (χ3v) is 6.89. The van der Waals surface area contributed by atoms with Crippen LogP contribution in [0, 0.1) is 5.92 Å². The molecule has 0 spiro atoms. The lowest BCUT2D eigenvalue weighted by molar-refractivity contribution is -0.129. The van der Waals surface area contributed by atoms with E-state index in [0.717, 1.165) is 49.0 Å². The van der Waals surface area contributed by atoms with Crippen molar-refractivity contribution in [3.05, 3.63) is 102 Å². The number of benzene rings is 3. The quantitative estimate of drug-likeness (QED) is 0.348. The van der Waals surface area contributed by atoms with Crippen LogP contribution in [-0.2, 0) is 16.1 Å². The first kappa shape index (κ1) is 25.5. The van der Waals surface area contributed by atoms with Crippen LogP contribution < -0.4 is 16.0 Å². The molecule has 0 saturated carbocycles. The van der Waals surface area contributed by atoms with Gasteiger partial charge in [-0.25, -0.2) is 0 Å². The molecule has 1 heterocycles. The number of rotatable bonds is 10. The monoisotopic (exact) mass is 485 g/mol. The molecule has 188 valence electrons. The van der Waals surface area contributed by atoms with Crippen LogP contribution in [0.25, 0.3) is 0 Å². The molecule has 0 aromatic heterocycles. The maximum Gasteiger partial charge on any atom is 0.242 e. The summed E-state index contributed by atoms with van der Waals surface area (Å²) in [7, 11) is 0. The zero-order chi connectivity index (χ0) is 25.2. The summed E-state index contributed by atoms with van der Waals surface area (Å²) in [5.41, 5.74) is 2.67. The molecule has 0 aliphatic carbocycles. The number of amides is 2. The summed E-state index contributed by atoms with van der Waals surface area (Å²) in [4.78, 5) is 27.0. The second kappa shape index (κ2) is 12.9. The zero-order valence-corrected chi connectivity index (χ0v) is 20.5. The van der Waals surface area contributed by atoms with Gasteiger partial charge in [0.15, 0.2) is 0 Å². The van der Waals surface area contributed by atoms with Crippen molar-refractivity contribution in [2.24, 2.45) is 5.92 Å². The first-order chi connectivity index (χ1) is 17.6. The van der Waals surface area contributed by atoms with Gasteiger partial charge in [0.1, 0.15) is 11.8 Å². The Kier molecular flexibility index (Phi) is 9.11. The summed E-state index contributed by atoms with van der Waals surface area (Å²) < 4.78 is 0. The van der Waals surface area contributed by atoms with Crippen molar-refractivity contribution in [3.63, 3.8) is 0 Å². The highest BCUT2D eigenvalue weighted by Gasteiger charge is 2.28. The lowest BCUT2D eigenvalue weighted by Crippen LogP contribution is -2.48. The van der Waals surface area contributed by atoms with Gasteiger partial charge in [-0.3, -0.25) is 9.59 Å². The van der Waals surface area contributed by atoms with E-state index in [0.29, 0.717) is 18.9 Å². The van der Waals surface area contributed by atoms with Crippen LogP contribution in [0.5, 0.6) is 5.75 Å². The van der Waals surface area contributed by atoms with E-state index in [1.165, 1.54) is 0 Å². The minimum absolute atomic E-state index is 0.178. The molecule has 2 amide bonds. The Bertz CT molecular complexity index is 1060. The molecule has 36 heavy (non-hydrogen) atoms. The molecule has 6 heteroatoms. The molecule has 1 fully saturated rings. The van der Waals surface area contributed by atoms with Crippen LogP contribution in [0.3, 0.4) is 0 Å². The van der Waals surface area contributed by atoms with Crippen LogP contribution in [0.2, 0.25) is 0 Å². The number of phenolic OH excluding ortho intramolecular Hbond substituents is 1. The molecule has 0 bridgehead atoms. The highest BCUT2D eigenvalue weighted by Crippen LogP contribution is 2.26. The van der Waals surface area contributed by atoms with E-state index in [-0.39, 0.29) is 17.6 Å². The number of hydrogen-bond donors (Lipinski definition) is 4. The van der Waals surface area contributed by atoms with Gasteiger partial charge < -0.3 is 21.1 Å². The third kappa shape index (κ3) is 7.18. The van der Waals surface area contributed by atoms with Crippen molar-refractivity contribution in [1.29, 1.82) is 0 Å². The van der Waals surface area contributed by atoms with E-state index in [2.05, 4.69) is 16.0 Å². The SMILES string of the molecule is O=C(NCc1ccc(O)cc1)C(CCC1CCNCC1)NC(=O)C(c1ccccc1)c1ccccc1. The molecule has 3 aromatic carbocycles. The van der Waals surface area contributed by atoms with Crippen molar-refractivity contribution in [1.82, 2.24) is 16.0 Å². The van der Waals surface area contributed by atoms with Crippen molar-refractivity contribution < 1.29 is 14.7 Å². The first-order valence-corrected chi connectivity index (χ1v) is 12.8. The van der Waals surface area contributed by atoms with Crippen molar-refractivity contribution >= 4 is 11.8 Å². The van der Waals surface area contributed by atoms with E-state index in [1.54, 1.807) is 24.3 Å². The molecule has 1 atom stereocenters. The molecule has 1 saturated heterocycles. The van der Waals surface area contributed by atoms with E-state index in [4.69, 9.17) is 0 Å². The van der Waals surface area contributed by atoms with Gasteiger partial charge in [0, 0.05) is 6.54 Å². The Morgan fingerprint density at radius 1 is 0.833 bits per heavy atom. The van der Waals surface area contributed by atoms with Gasteiger partial charge in [0.25, 0.3) is 0 Å². The number of phenols is 1. The van der Waals surface area contributed by atoms with Gasteiger partial charge >= 0.3 is 0 Å². The van der Waals surface area contributed by atoms with Gasteiger partial charge in [-0.2, -0.15) is 0 Å². The fraction of sp³-hybridized carbons (Fsp3) is 0.333. The van der Waals surface area contributed by atoms with Gasteiger partial charge in [-0.15, -0.1) is 0 Å². The van der Waals surface area contributed by atoms with Gasteiger partial charge in [0.2, 0.25) is 11.8 Å². The summed E-state index contributed by atoms with van der Waals surface area (Å²) in [6.45, 7) is 2.33. The summed E-state index contributed by atoms with van der Waals surface area (Å²) in [6, 6.07) is 25.5. The maximum absolute atomic E-state index is 13.7. The number of piperidine rings is 1. The van der Waals surface area contributed by atoms with Crippen molar-refractivity contribution in [2.75, 3.05) is 13.1 Å². The summed E-state index contributed by atoms with van der Waals surface area (Å²) in [5.74, 6) is -0.133. The van der Waals surface area contributed by atoms with Gasteiger partial charge in [0.05, 0.1) is 5.92 Å². The maximum atomic E-state index is 13.7. The van der Waals surface area contributed by atoms with Crippen LogP contribution >= 0.6 is 0 Å². The summed E-state index contributed by atoms with van der Waals surface area (Å²) in [6.07, 6.45) is 3.66. The van der Waals surface area contributed by atoms with Crippen molar-refractivity contribution in [2.45, 2.75) is 44.2 Å². The lowest BCUT2D eigenvalue weighted by Gasteiger charge is -2.26. The molecule has 6 nitrogen and oxygen atoms in total. The normalized spacial score (nSPS) is 14.8. The second-order valence-corrected chi connectivity index (χ2v) is 9.47. The molecule has 0 radical (unpaired) electrons. The fourth-order valence-electron chi connectivity index (χ4n) is 4.81. The van der Waals surface area contributed by atoms with Crippen LogP contribution in [0.4, 0.5) is 0 Å². The van der Waals surface area contributed by atoms with E-state index in [1.807, 2.05) is 60.7 Å². The van der Waals surface area contributed by atoms with E-state index >= 15 is 0 Å². The second-order valence-electron chi connectivity index (χ2n) is 9.47. The van der Waals surface area contributed by atoms with Crippen LogP contribution in [-0.4, -0.2) is 36.1 Å². The Hall–Kier alpha value is -3.64. The Morgan fingerprint density at radius 2 is 1.42 bits per heavy atom. The number of carbonyl (C=O) groups is 2. The standard InChI is InChI=1S/C30H35N3O3/c34-26-14-11-23(12-15-26)21-32-29(35)27(16-13-22-17-19-31-20-18-22)33-30(36)28(24-7-3-1-4-8-24)25-9-5-2-6-10-25/h1-12,14-15,22,27-28,31,34H,13,16-21H2,(H,32,35)(H,33,36). The van der Waals surface area contributed by atoms with Gasteiger partial charge in [-0.1, -0.05) is 72.8 Å². The molecular formula is C30H35N3O3. The Balaban J connectivity index is 1.49. The highest BCUT2D eigenvalue weighted by atomic mass is 16.3. The number of hydrogen-bond acceptors (Lipinski definition) is 4. The minimum atomic E-state index is -0.626. The average molecular weight is 486 g/mol. The molecule has 3 aromatic rings. The summed E-state index contributed by atoms with van der Waals surface area (Å²) >= 11 is 0. The van der Waals surface area contributed by atoms with Crippen LogP contribution in [0.15, 0.2) is 84.9 Å². The number of carbonyl (C=O) groups excluding carboxylic acids is 2. The molecule has 4 N–H and O–H groups in total. The summed E-state index contributed by atoms with van der Waals surface area (Å²) in [5, 5.41) is 19.0. The number of aromatic hydroxyl groups is 1. The fourth-order valence-corrected chi connectivity index (χ4v) is 4.81. The molecule has 1 aliphatic rings. The Labute approximate surface area is 213 Å². The van der Waals surface area contributed by atoms with Crippen LogP contribution in [0.1, 0.15) is 48.3 Å². The topological polar surface area (TPSA) is 90.5 Å². The van der Waals surface area contributed by atoms with E-state index < -0.39 is 12.0 Å². The predicted octanol–water partition coefficient (Wildman–Crippen LogP) is 4.11. The van der Waals surface area contributed by atoms with E-state index in [9.17, 15) is 14.7 Å². The van der Waals surface area contributed by atoms with Gasteiger partial charge in [-0.05, 0) is 73.5 Å². The largest absolute Gasteiger partial charge is 0.508 e.